The van der Waals surface area contributed by atoms with Gasteiger partial charge in [-0.1, -0.05) is 0 Å². The number of non-ortho nitro benzene ring substituents is 1. The Hall–Kier alpha value is -7.45. The SMILES string of the molecule is CNc1ccc(N=Nc2ccc(NS(=O)(=O)c3ccc(N=Nc4c(S(=O)(=O)O)cc5cc(S(=O)(=O)O)c(N=Nc6ccc([N+](=O)[O-])cc6)c(N)c5c4O)cc3)cc2)c(N)c1. The second-order valence-electron chi connectivity index (χ2n) is 12.3. The molecule has 6 rings (SSSR count). The lowest BCUT2D eigenvalue weighted by Crippen LogP contribution is -2.12. The van der Waals surface area contributed by atoms with E-state index < -0.39 is 78.6 Å². The second-order valence-corrected chi connectivity index (χ2v) is 16.8. The number of nitro benzene ring substituents is 1. The minimum absolute atomic E-state index is 0.0105. The van der Waals surface area contributed by atoms with Gasteiger partial charge in [-0.25, -0.2) is 8.42 Å². The van der Waals surface area contributed by atoms with Crippen LogP contribution in [0, 0.1) is 10.1 Å². The second kappa shape index (κ2) is 16.4. The highest BCUT2D eigenvalue weighted by Gasteiger charge is 2.28. The first kappa shape index (κ1) is 42.2. The number of hydrogen-bond acceptors (Lipinski definition) is 18. The van der Waals surface area contributed by atoms with Crippen molar-refractivity contribution >= 4 is 104 Å². The number of nitrogens with two attached hydrogens (primary N) is 2. The van der Waals surface area contributed by atoms with Crippen LogP contribution in [0.25, 0.3) is 10.8 Å². The van der Waals surface area contributed by atoms with Gasteiger partial charge in [0.15, 0.2) is 5.75 Å². The van der Waals surface area contributed by atoms with E-state index in [1.165, 1.54) is 48.5 Å². The van der Waals surface area contributed by atoms with E-state index in [1.54, 1.807) is 25.2 Å². The first-order valence-electron chi connectivity index (χ1n) is 16.6. The first-order chi connectivity index (χ1) is 28.2. The number of azo groups is 3. The maximum atomic E-state index is 13.2. The zero-order valence-corrected chi connectivity index (χ0v) is 32.9. The summed E-state index contributed by atoms with van der Waals surface area (Å²) in [6, 6.07) is 21.8. The van der Waals surface area contributed by atoms with Crippen LogP contribution < -0.4 is 21.5 Å². The number of sulfonamides is 1. The molecule has 22 nitrogen and oxygen atoms in total. The lowest BCUT2D eigenvalue weighted by Gasteiger charge is -2.14. The van der Waals surface area contributed by atoms with E-state index in [0.29, 0.717) is 29.2 Å². The summed E-state index contributed by atoms with van der Waals surface area (Å²) < 4.78 is 98.3. The highest BCUT2D eigenvalue weighted by molar-refractivity contribution is 7.92. The van der Waals surface area contributed by atoms with Gasteiger partial charge in [0.25, 0.3) is 35.9 Å². The van der Waals surface area contributed by atoms with Crippen LogP contribution in [0.4, 0.5) is 62.6 Å². The third kappa shape index (κ3) is 9.30. The van der Waals surface area contributed by atoms with E-state index in [1.807, 2.05) is 0 Å². The number of nitrogen functional groups attached to an aromatic ring is 2. The highest BCUT2D eigenvalue weighted by Crippen LogP contribution is 2.48. The van der Waals surface area contributed by atoms with Crippen molar-refractivity contribution in [2.24, 2.45) is 30.7 Å². The molecule has 0 bridgehead atoms. The van der Waals surface area contributed by atoms with E-state index in [0.717, 1.165) is 30.0 Å². The van der Waals surface area contributed by atoms with Gasteiger partial charge >= 0.3 is 0 Å². The zero-order valence-electron chi connectivity index (χ0n) is 30.4. The molecule has 0 atom stereocenters. The molecular formula is C35H29N11O11S3. The number of nitrogens with zero attached hydrogens (tertiary/aromatic N) is 7. The Balaban J connectivity index is 1.28. The van der Waals surface area contributed by atoms with Crippen molar-refractivity contribution < 1.29 is 44.4 Å². The molecule has 6 aromatic carbocycles. The zero-order chi connectivity index (χ0) is 43.6. The number of nitro groups is 1. The predicted molar refractivity (Wildman–Crippen MR) is 219 cm³/mol. The van der Waals surface area contributed by atoms with Crippen LogP contribution in [0.3, 0.4) is 0 Å². The molecule has 60 heavy (non-hydrogen) atoms. The standard InChI is InChI=1S/C35H29N11O11S3/c1-38-24-10-15-28(27(36)18-24)42-39-20-2-4-23(5-3-20)45-58(50,51)26-13-8-22(9-14-26)41-44-34-30(60(55,56)57)17-19-16-29(59(52,53)54)33(32(37)31(19)35(34)47)43-40-21-6-11-25(12-7-21)46(48)49/h2-18,38,45,47H,36-37H2,1H3,(H,52,53,54)(H,55,56,57). The Kier molecular flexibility index (Phi) is 11.5. The summed E-state index contributed by atoms with van der Waals surface area (Å²) >= 11 is 0. The van der Waals surface area contributed by atoms with Crippen LogP contribution in [-0.2, 0) is 30.3 Å². The molecule has 0 saturated heterocycles. The molecule has 0 radical (unpaired) electrons. The van der Waals surface area contributed by atoms with Crippen molar-refractivity contribution in [1.82, 2.24) is 0 Å². The van der Waals surface area contributed by atoms with Crippen molar-refractivity contribution in [1.29, 1.82) is 0 Å². The molecule has 0 spiro atoms. The molecule has 0 aliphatic carbocycles. The van der Waals surface area contributed by atoms with Crippen LogP contribution >= 0.6 is 0 Å². The predicted octanol–water partition coefficient (Wildman–Crippen LogP) is 8.20. The van der Waals surface area contributed by atoms with E-state index in [4.69, 9.17) is 11.5 Å². The summed E-state index contributed by atoms with van der Waals surface area (Å²) in [7, 11) is -12.8. The summed E-state index contributed by atoms with van der Waals surface area (Å²) in [5, 5.41) is 47.8. The van der Waals surface area contributed by atoms with Gasteiger partial charge in [-0.2, -0.15) is 32.2 Å². The number of hydrogen-bond donors (Lipinski definition) is 7. The number of nitrogens with one attached hydrogen (secondary N) is 2. The van der Waals surface area contributed by atoms with Crippen molar-refractivity contribution in [3.63, 3.8) is 0 Å². The number of phenolic OH excluding ortho intramolecular Hbond substituents is 1. The van der Waals surface area contributed by atoms with Crippen molar-refractivity contribution in [3.05, 3.63) is 113 Å². The maximum absolute atomic E-state index is 13.2. The molecule has 0 fully saturated rings. The summed E-state index contributed by atoms with van der Waals surface area (Å²) in [5.41, 5.74) is 11.9. The van der Waals surface area contributed by atoms with Crippen LogP contribution in [0.2, 0.25) is 0 Å². The van der Waals surface area contributed by atoms with E-state index in [9.17, 15) is 49.6 Å². The van der Waals surface area contributed by atoms with Crippen molar-refractivity contribution in [2.75, 3.05) is 28.6 Å². The molecule has 9 N–H and O–H groups in total. The molecular weight excluding hydrogens is 847 g/mol. The molecule has 25 heteroatoms. The molecule has 6 aromatic rings. The quantitative estimate of drug-likeness (QED) is 0.0189. The fourth-order valence-corrected chi connectivity index (χ4v) is 7.76. The summed E-state index contributed by atoms with van der Waals surface area (Å²) in [6.45, 7) is 0. The average molecular weight is 876 g/mol. The normalized spacial score (nSPS) is 12.4. The average Bonchev–Trinajstić information content (AvgIpc) is 3.19. The van der Waals surface area contributed by atoms with Gasteiger partial charge in [0.1, 0.15) is 26.9 Å². The molecule has 0 amide bonds. The Morgan fingerprint density at radius 1 is 0.633 bits per heavy atom. The van der Waals surface area contributed by atoms with Gasteiger partial charge in [-0.05, 0) is 96.4 Å². The van der Waals surface area contributed by atoms with Crippen LogP contribution in [0.15, 0.2) is 149 Å². The summed E-state index contributed by atoms with van der Waals surface area (Å²) in [4.78, 5) is 8.06. The number of fused-ring (bicyclic) bond motifs is 1. The summed E-state index contributed by atoms with van der Waals surface area (Å²) in [6.07, 6.45) is 0. The van der Waals surface area contributed by atoms with Gasteiger partial charge in [0.05, 0.1) is 43.6 Å². The number of rotatable bonds is 13. The lowest BCUT2D eigenvalue weighted by molar-refractivity contribution is -0.384. The van der Waals surface area contributed by atoms with Crippen molar-refractivity contribution in [2.45, 2.75) is 14.7 Å². The Morgan fingerprint density at radius 3 is 1.63 bits per heavy atom. The molecule has 308 valence electrons. The molecule has 0 saturated carbocycles. The topological polar surface area (TPSA) is 357 Å². The molecule has 0 heterocycles. The Bertz CT molecular complexity index is 3110. The first-order valence-corrected chi connectivity index (χ1v) is 21.0. The third-order valence-corrected chi connectivity index (χ3v) is 11.4. The lowest BCUT2D eigenvalue weighted by atomic mass is 10.1. The van der Waals surface area contributed by atoms with Crippen LogP contribution in [0.5, 0.6) is 5.75 Å². The summed E-state index contributed by atoms with van der Waals surface area (Å²) in [5.74, 6) is -1.03. The fraction of sp³-hybridized carbons (Fsp3) is 0.0286. The largest absolute Gasteiger partial charge is 0.505 e. The van der Waals surface area contributed by atoms with Gasteiger partial charge in [-0.3, -0.25) is 23.9 Å². The van der Waals surface area contributed by atoms with Crippen LogP contribution in [0.1, 0.15) is 0 Å². The van der Waals surface area contributed by atoms with E-state index >= 15 is 0 Å². The molecule has 0 unspecified atom stereocenters. The number of benzene rings is 6. The molecule has 0 aliphatic rings. The van der Waals surface area contributed by atoms with Gasteiger partial charge in [-0.15, -0.1) is 15.3 Å². The Morgan fingerprint density at radius 2 is 1.12 bits per heavy atom. The third-order valence-electron chi connectivity index (χ3n) is 8.32. The van der Waals surface area contributed by atoms with Gasteiger partial charge in [0.2, 0.25) is 0 Å². The van der Waals surface area contributed by atoms with Crippen LogP contribution in [-0.4, -0.2) is 51.4 Å². The van der Waals surface area contributed by atoms with Gasteiger partial charge < -0.3 is 21.9 Å². The van der Waals surface area contributed by atoms with Crippen molar-refractivity contribution in [3.8, 4) is 5.75 Å². The Labute approximate surface area is 339 Å². The minimum Gasteiger partial charge on any atom is -0.505 e. The van der Waals surface area contributed by atoms with E-state index in [-0.39, 0.29) is 27.6 Å². The number of anilines is 4. The molecule has 0 aliphatic heterocycles. The number of aromatic hydroxyl groups is 1. The monoisotopic (exact) mass is 875 g/mol. The number of phenols is 1. The molecule has 0 aromatic heterocycles. The minimum atomic E-state index is -5.22. The fourth-order valence-electron chi connectivity index (χ4n) is 5.38. The highest BCUT2D eigenvalue weighted by atomic mass is 32.2. The van der Waals surface area contributed by atoms with Gasteiger partial charge in [0, 0.05) is 30.6 Å². The van der Waals surface area contributed by atoms with E-state index in [2.05, 4.69) is 40.7 Å². The smallest absolute Gasteiger partial charge is 0.296 e. The maximum Gasteiger partial charge on any atom is 0.296 e.